The number of carboxylic acid groups (broad SMARTS) is 1. The summed E-state index contributed by atoms with van der Waals surface area (Å²) in [5.74, 6) is 3.92. The number of rotatable bonds is 2. The summed E-state index contributed by atoms with van der Waals surface area (Å²) in [7, 11) is 3.43. The second-order valence-electron chi connectivity index (χ2n) is 6.51. The van der Waals surface area contributed by atoms with Gasteiger partial charge in [-0.1, -0.05) is 0 Å². The van der Waals surface area contributed by atoms with E-state index >= 15 is 0 Å². The lowest BCUT2D eigenvalue weighted by Gasteiger charge is -2.49. The van der Waals surface area contributed by atoms with Gasteiger partial charge in [-0.3, -0.25) is 9.69 Å². The van der Waals surface area contributed by atoms with Gasteiger partial charge in [0, 0.05) is 0 Å². The molecule has 0 radical (unpaired) electrons. The van der Waals surface area contributed by atoms with Crippen molar-refractivity contribution in [3.05, 3.63) is 0 Å². The third-order valence-corrected chi connectivity index (χ3v) is 4.45. The van der Waals surface area contributed by atoms with Crippen LogP contribution in [0.15, 0.2) is 0 Å². The van der Waals surface area contributed by atoms with Gasteiger partial charge in [-0.15, -0.1) is 0 Å². The Kier molecular flexibility index (Phi) is 4.08. The Balaban J connectivity index is 0.000000139. The zero-order valence-electron chi connectivity index (χ0n) is 11.1. The van der Waals surface area contributed by atoms with Crippen molar-refractivity contribution >= 4 is 5.97 Å². The Morgan fingerprint density at radius 1 is 0.941 bits per heavy atom. The number of nitrogens with zero attached hydrogens (tertiary/aromatic N) is 1. The number of hydrogen-bond acceptors (Lipinski definition) is 2. The molecule has 4 fully saturated rings. The summed E-state index contributed by atoms with van der Waals surface area (Å²) >= 11 is 0. The molecule has 0 atom stereocenters. The van der Waals surface area contributed by atoms with Crippen molar-refractivity contribution in [3.63, 3.8) is 0 Å². The van der Waals surface area contributed by atoms with E-state index in [1.165, 1.54) is 23.7 Å². The maximum Gasteiger partial charge on any atom is 0.317 e. The van der Waals surface area contributed by atoms with Gasteiger partial charge in [-0.05, 0) is 76.3 Å². The largest absolute Gasteiger partial charge is 0.480 e. The molecule has 4 aliphatic carbocycles. The second kappa shape index (κ2) is 5.38. The normalized spacial score (nSPS) is 37.8. The van der Waals surface area contributed by atoms with Crippen LogP contribution < -0.4 is 0 Å². The molecule has 0 aromatic heterocycles. The van der Waals surface area contributed by atoms with Crippen molar-refractivity contribution in [2.24, 2.45) is 23.7 Å². The number of carboxylic acids is 1. The smallest absolute Gasteiger partial charge is 0.317 e. The first-order chi connectivity index (χ1) is 8.02. The molecule has 4 bridgehead atoms. The van der Waals surface area contributed by atoms with Crippen molar-refractivity contribution in [3.8, 4) is 0 Å². The van der Waals surface area contributed by atoms with E-state index in [4.69, 9.17) is 5.11 Å². The van der Waals surface area contributed by atoms with Crippen molar-refractivity contribution in [1.29, 1.82) is 0 Å². The van der Waals surface area contributed by atoms with E-state index in [1.807, 2.05) is 0 Å². The van der Waals surface area contributed by atoms with Gasteiger partial charge in [0.15, 0.2) is 0 Å². The molecule has 3 nitrogen and oxygen atoms in total. The van der Waals surface area contributed by atoms with Gasteiger partial charge < -0.3 is 5.11 Å². The standard InChI is InChI=1S/C10H16.C4H9NO2/c1-7-2-9-4-8(1)5-10(3-7)6-9;1-5(2)3-4(6)7/h7-10H,1-6H2;3H2,1-2H3,(H,6,7). The lowest BCUT2D eigenvalue weighted by Crippen LogP contribution is -2.38. The quantitative estimate of drug-likeness (QED) is 0.804. The predicted octanol–water partition coefficient (Wildman–Crippen LogP) is 2.47. The van der Waals surface area contributed by atoms with E-state index < -0.39 is 5.97 Å². The maximum atomic E-state index is 9.77. The average molecular weight is 239 g/mol. The molecule has 0 aromatic rings. The monoisotopic (exact) mass is 239 g/mol. The summed E-state index contributed by atoms with van der Waals surface area (Å²) in [5.41, 5.74) is 0. The van der Waals surface area contributed by atoms with Crippen LogP contribution in [0.4, 0.5) is 0 Å². The minimum Gasteiger partial charge on any atom is -0.480 e. The van der Waals surface area contributed by atoms with Crippen LogP contribution in [-0.2, 0) is 4.79 Å². The maximum absolute atomic E-state index is 9.77. The third-order valence-electron chi connectivity index (χ3n) is 4.45. The minimum absolute atomic E-state index is 0.111. The number of carbonyl (C=O) groups is 1. The molecule has 1 N–H and O–H groups in total. The first kappa shape index (κ1) is 12.9. The van der Waals surface area contributed by atoms with E-state index in [0.29, 0.717) is 0 Å². The Hall–Kier alpha value is -0.570. The van der Waals surface area contributed by atoms with Crippen molar-refractivity contribution in [1.82, 2.24) is 4.90 Å². The average Bonchev–Trinajstić information content (AvgIpc) is 2.12. The van der Waals surface area contributed by atoms with E-state index in [2.05, 4.69) is 0 Å². The Morgan fingerprint density at radius 3 is 1.35 bits per heavy atom. The molecule has 0 heterocycles. The minimum atomic E-state index is -0.787. The first-order valence-corrected chi connectivity index (χ1v) is 6.89. The summed E-state index contributed by atoms with van der Waals surface area (Å²) in [6, 6.07) is 0. The fraction of sp³-hybridized carbons (Fsp3) is 0.929. The first-order valence-electron chi connectivity index (χ1n) is 6.89. The van der Waals surface area contributed by atoms with Gasteiger partial charge in [0.05, 0.1) is 6.54 Å². The summed E-state index contributed by atoms with van der Waals surface area (Å²) < 4.78 is 0. The topological polar surface area (TPSA) is 40.5 Å². The van der Waals surface area contributed by atoms with Gasteiger partial charge in [0.2, 0.25) is 0 Å². The zero-order chi connectivity index (χ0) is 12.4. The molecule has 0 unspecified atom stereocenters. The fourth-order valence-electron chi connectivity index (χ4n) is 4.25. The van der Waals surface area contributed by atoms with Crippen molar-refractivity contribution < 1.29 is 9.90 Å². The van der Waals surface area contributed by atoms with E-state index in [1.54, 1.807) is 57.5 Å². The van der Waals surface area contributed by atoms with Crippen LogP contribution in [0.5, 0.6) is 0 Å². The highest BCUT2D eigenvalue weighted by molar-refractivity contribution is 5.68. The van der Waals surface area contributed by atoms with E-state index in [9.17, 15) is 4.79 Å². The van der Waals surface area contributed by atoms with Crippen LogP contribution in [0.25, 0.3) is 0 Å². The van der Waals surface area contributed by atoms with Gasteiger partial charge in [0.1, 0.15) is 0 Å². The molecule has 0 saturated heterocycles. The Bertz CT molecular complexity index is 219. The Morgan fingerprint density at radius 2 is 1.24 bits per heavy atom. The summed E-state index contributed by atoms with van der Waals surface area (Å²) in [6.45, 7) is 0.111. The molecular weight excluding hydrogens is 214 g/mol. The third kappa shape index (κ3) is 3.70. The highest BCUT2D eigenvalue weighted by Gasteiger charge is 2.41. The van der Waals surface area contributed by atoms with E-state index in [-0.39, 0.29) is 6.54 Å². The molecule has 0 amide bonds. The molecule has 0 aromatic carbocycles. The SMILES string of the molecule is C1C2CC3CC1CC(C2)C3.CN(C)CC(=O)O. The molecule has 0 spiro atoms. The number of aliphatic carboxylic acids is 1. The van der Waals surface area contributed by atoms with Gasteiger partial charge in [0.25, 0.3) is 0 Å². The summed E-state index contributed by atoms with van der Waals surface area (Å²) in [5, 5.41) is 8.04. The fourth-order valence-corrected chi connectivity index (χ4v) is 4.25. The van der Waals surface area contributed by atoms with Crippen LogP contribution in [0.2, 0.25) is 0 Å². The number of hydrogen-bond donors (Lipinski definition) is 1. The highest BCUT2D eigenvalue weighted by Crippen LogP contribution is 2.53. The second-order valence-corrected chi connectivity index (χ2v) is 6.51. The molecule has 98 valence electrons. The van der Waals surface area contributed by atoms with Crippen LogP contribution in [0, 0.1) is 23.7 Å². The molecule has 0 aliphatic heterocycles. The van der Waals surface area contributed by atoms with Crippen LogP contribution >= 0.6 is 0 Å². The molecule has 4 rings (SSSR count). The van der Waals surface area contributed by atoms with Crippen molar-refractivity contribution in [2.45, 2.75) is 38.5 Å². The zero-order valence-corrected chi connectivity index (χ0v) is 11.1. The van der Waals surface area contributed by atoms with Gasteiger partial charge in [-0.2, -0.15) is 0 Å². The van der Waals surface area contributed by atoms with Gasteiger partial charge >= 0.3 is 5.97 Å². The summed E-state index contributed by atoms with van der Waals surface area (Å²) in [4.78, 5) is 11.4. The van der Waals surface area contributed by atoms with Gasteiger partial charge in [-0.25, -0.2) is 0 Å². The van der Waals surface area contributed by atoms with Crippen LogP contribution in [0.3, 0.4) is 0 Å². The van der Waals surface area contributed by atoms with Crippen LogP contribution in [-0.4, -0.2) is 36.6 Å². The lowest BCUT2D eigenvalue weighted by molar-refractivity contribution is -0.137. The predicted molar refractivity (Wildman–Crippen MR) is 67.9 cm³/mol. The van der Waals surface area contributed by atoms with Crippen LogP contribution in [0.1, 0.15) is 38.5 Å². The number of likely N-dealkylation sites (N-methyl/N-ethyl adjacent to an activating group) is 1. The summed E-state index contributed by atoms with van der Waals surface area (Å²) in [6.07, 6.45) is 9.62. The van der Waals surface area contributed by atoms with E-state index in [0.717, 1.165) is 0 Å². The Labute approximate surface area is 104 Å². The molecule has 17 heavy (non-hydrogen) atoms. The molecule has 3 heteroatoms. The van der Waals surface area contributed by atoms with Crippen molar-refractivity contribution in [2.75, 3.05) is 20.6 Å². The lowest BCUT2D eigenvalue weighted by atomic mass is 9.56. The molecule has 4 aliphatic rings. The molecule has 4 saturated carbocycles. The highest BCUT2D eigenvalue weighted by atomic mass is 16.4. The molecular formula is C14H25NO2.